The van der Waals surface area contributed by atoms with Crippen LogP contribution in [0.3, 0.4) is 0 Å². The summed E-state index contributed by atoms with van der Waals surface area (Å²) in [6.07, 6.45) is 4.86. The van der Waals surface area contributed by atoms with E-state index in [2.05, 4.69) is 10.3 Å². The largest absolute Gasteiger partial charge is 0.341 e. The fraction of sp³-hybridized carbons (Fsp3) is 0.370. The lowest BCUT2D eigenvalue weighted by Crippen LogP contribution is -2.38. The predicted molar refractivity (Wildman–Crippen MR) is 138 cm³/mol. The summed E-state index contributed by atoms with van der Waals surface area (Å²) in [6, 6.07) is 12.0. The van der Waals surface area contributed by atoms with Crippen molar-refractivity contribution in [3.63, 3.8) is 0 Å². The van der Waals surface area contributed by atoms with Gasteiger partial charge in [-0.3, -0.25) is 9.59 Å². The Hall–Kier alpha value is -3.13. The highest BCUT2D eigenvalue weighted by molar-refractivity contribution is 8.00. The van der Waals surface area contributed by atoms with Gasteiger partial charge in [0, 0.05) is 18.8 Å². The predicted octanol–water partition coefficient (Wildman–Crippen LogP) is 5.44. The Morgan fingerprint density at radius 1 is 1.06 bits per heavy atom. The van der Waals surface area contributed by atoms with E-state index < -0.39 is 5.25 Å². The van der Waals surface area contributed by atoms with Crippen molar-refractivity contribution in [3.05, 3.63) is 65.6 Å². The van der Waals surface area contributed by atoms with Crippen molar-refractivity contribution in [2.24, 2.45) is 0 Å². The number of halogens is 1. The summed E-state index contributed by atoms with van der Waals surface area (Å²) in [7, 11) is 0. The number of para-hydroxylation sites is 1. The number of carbonyl (C=O) groups is 2. The van der Waals surface area contributed by atoms with Gasteiger partial charge in [0.15, 0.2) is 5.16 Å². The number of piperidine rings is 1. The van der Waals surface area contributed by atoms with Crippen molar-refractivity contribution in [2.45, 2.75) is 57.0 Å². The van der Waals surface area contributed by atoms with Crippen LogP contribution in [0.4, 0.5) is 10.1 Å². The van der Waals surface area contributed by atoms with E-state index in [4.69, 9.17) is 0 Å². The van der Waals surface area contributed by atoms with E-state index in [1.165, 1.54) is 23.9 Å². The Morgan fingerprint density at radius 3 is 2.37 bits per heavy atom. The molecule has 2 heterocycles. The molecule has 2 aromatic carbocycles. The van der Waals surface area contributed by atoms with Crippen LogP contribution in [0.2, 0.25) is 0 Å². The number of likely N-dealkylation sites (tertiary alicyclic amines) is 1. The number of nitrogens with zero attached hydrogens (tertiary/aromatic N) is 3. The minimum atomic E-state index is -0.443. The van der Waals surface area contributed by atoms with Crippen LogP contribution in [0.25, 0.3) is 11.3 Å². The zero-order valence-electron chi connectivity index (χ0n) is 20.4. The molecule has 1 fully saturated rings. The minimum absolute atomic E-state index is 0.0283. The fourth-order valence-electron chi connectivity index (χ4n) is 4.28. The van der Waals surface area contributed by atoms with Gasteiger partial charge in [-0.15, -0.1) is 0 Å². The van der Waals surface area contributed by atoms with E-state index in [1.54, 1.807) is 18.3 Å². The van der Waals surface area contributed by atoms with Crippen LogP contribution in [0, 0.1) is 19.7 Å². The number of nitrogens with one attached hydrogen (secondary N) is 1. The normalized spacial score (nSPS) is 14.6. The van der Waals surface area contributed by atoms with Gasteiger partial charge in [-0.1, -0.05) is 30.0 Å². The van der Waals surface area contributed by atoms with E-state index in [1.807, 2.05) is 48.4 Å². The molecule has 0 radical (unpaired) electrons. The summed E-state index contributed by atoms with van der Waals surface area (Å²) in [5, 5.41) is 3.18. The monoisotopic (exact) mass is 494 g/mol. The van der Waals surface area contributed by atoms with E-state index in [0.717, 1.165) is 60.4 Å². The van der Waals surface area contributed by atoms with Crippen molar-refractivity contribution in [1.82, 2.24) is 14.5 Å². The molecular formula is C27H31FN4O2S. The second-order valence-electron chi connectivity index (χ2n) is 8.98. The molecule has 1 saturated heterocycles. The highest BCUT2D eigenvalue weighted by Gasteiger charge is 2.24. The number of rotatable bonds is 7. The van der Waals surface area contributed by atoms with Gasteiger partial charge in [0.05, 0.1) is 17.1 Å². The smallest absolute Gasteiger partial charge is 0.242 e. The Bertz CT molecular complexity index is 1180. The zero-order chi connectivity index (χ0) is 24.9. The number of aryl methyl sites for hydroxylation is 2. The van der Waals surface area contributed by atoms with Gasteiger partial charge in [-0.05, 0) is 81.0 Å². The number of hydrogen-bond acceptors (Lipinski definition) is 4. The Morgan fingerprint density at radius 2 is 1.71 bits per heavy atom. The Labute approximate surface area is 209 Å². The molecule has 3 aromatic rings. The van der Waals surface area contributed by atoms with Crippen LogP contribution in [0.5, 0.6) is 0 Å². The number of aromatic nitrogens is 2. The minimum Gasteiger partial charge on any atom is -0.341 e. The van der Waals surface area contributed by atoms with Gasteiger partial charge in [0.1, 0.15) is 12.4 Å². The molecule has 0 unspecified atom stereocenters. The third kappa shape index (κ3) is 5.93. The third-order valence-electron chi connectivity index (χ3n) is 6.34. The van der Waals surface area contributed by atoms with Gasteiger partial charge in [-0.2, -0.15) is 0 Å². The molecule has 35 heavy (non-hydrogen) atoms. The number of benzene rings is 2. The molecule has 184 valence electrons. The number of anilines is 1. The molecule has 6 nitrogen and oxygen atoms in total. The van der Waals surface area contributed by atoms with Crippen molar-refractivity contribution in [3.8, 4) is 11.3 Å². The molecule has 4 rings (SSSR count). The van der Waals surface area contributed by atoms with Crippen LogP contribution in [-0.4, -0.2) is 44.6 Å². The maximum absolute atomic E-state index is 13.5. The van der Waals surface area contributed by atoms with Crippen LogP contribution < -0.4 is 5.32 Å². The molecule has 2 amide bonds. The second kappa shape index (κ2) is 11.1. The molecule has 1 aromatic heterocycles. The van der Waals surface area contributed by atoms with Crippen molar-refractivity contribution in [2.75, 3.05) is 18.4 Å². The molecule has 1 N–H and O–H groups in total. The lowest BCUT2D eigenvalue weighted by atomic mass is 10.1. The van der Waals surface area contributed by atoms with E-state index in [-0.39, 0.29) is 24.2 Å². The van der Waals surface area contributed by atoms with Crippen LogP contribution >= 0.6 is 11.8 Å². The van der Waals surface area contributed by atoms with Crippen molar-refractivity contribution in [1.29, 1.82) is 0 Å². The van der Waals surface area contributed by atoms with Crippen LogP contribution in [-0.2, 0) is 16.1 Å². The maximum Gasteiger partial charge on any atom is 0.242 e. The number of thioether (sulfide) groups is 1. The first-order chi connectivity index (χ1) is 16.8. The molecular weight excluding hydrogens is 463 g/mol. The quantitative estimate of drug-likeness (QED) is 0.444. The van der Waals surface area contributed by atoms with Gasteiger partial charge >= 0.3 is 0 Å². The number of amides is 2. The topological polar surface area (TPSA) is 67.2 Å². The molecule has 8 heteroatoms. The first-order valence-corrected chi connectivity index (χ1v) is 12.8. The highest BCUT2D eigenvalue weighted by Crippen LogP contribution is 2.30. The summed E-state index contributed by atoms with van der Waals surface area (Å²) in [4.78, 5) is 32.6. The molecule has 0 saturated carbocycles. The summed E-state index contributed by atoms with van der Waals surface area (Å²) >= 11 is 1.31. The second-order valence-corrected chi connectivity index (χ2v) is 10.3. The van der Waals surface area contributed by atoms with Gasteiger partial charge in [-0.25, -0.2) is 9.37 Å². The lowest BCUT2D eigenvalue weighted by molar-refractivity contribution is -0.132. The standard InChI is InChI=1S/C27H31FN4O2S/c1-18-8-7-9-19(2)25(18)30-26(34)20(3)35-27-29-16-23(21-10-12-22(28)13-11-21)32(27)17-24(33)31-14-5-4-6-15-31/h7-13,16,20H,4-6,14-15,17H2,1-3H3,(H,30,34)/t20-/m0/s1. The molecule has 1 atom stereocenters. The van der Waals surface area contributed by atoms with Gasteiger partial charge < -0.3 is 14.8 Å². The van der Waals surface area contributed by atoms with Gasteiger partial charge in [0.2, 0.25) is 11.8 Å². The number of imidazole rings is 1. The van der Waals surface area contributed by atoms with Gasteiger partial charge in [0.25, 0.3) is 0 Å². The number of hydrogen-bond donors (Lipinski definition) is 1. The summed E-state index contributed by atoms with van der Waals surface area (Å²) in [5.74, 6) is -0.427. The molecule has 0 aliphatic carbocycles. The Kier molecular flexibility index (Phi) is 7.90. The summed E-state index contributed by atoms with van der Waals surface area (Å²) in [6.45, 7) is 7.41. The summed E-state index contributed by atoms with van der Waals surface area (Å²) in [5.41, 5.74) is 4.32. The van der Waals surface area contributed by atoms with E-state index in [0.29, 0.717) is 5.16 Å². The molecule has 0 spiro atoms. The first-order valence-electron chi connectivity index (χ1n) is 12.0. The Balaban J connectivity index is 1.57. The molecule has 1 aliphatic rings. The SMILES string of the molecule is Cc1cccc(C)c1NC(=O)[C@H](C)Sc1ncc(-c2ccc(F)cc2)n1CC(=O)N1CCCCC1. The fourth-order valence-corrected chi connectivity index (χ4v) is 5.17. The zero-order valence-corrected chi connectivity index (χ0v) is 21.2. The van der Waals surface area contributed by atoms with Crippen molar-refractivity contribution >= 4 is 29.3 Å². The van der Waals surface area contributed by atoms with Crippen LogP contribution in [0.1, 0.15) is 37.3 Å². The first kappa shape index (κ1) is 25.0. The highest BCUT2D eigenvalue weighted by atomic mass is 32.2. The van der Waals surface area contributed by atoms with Crippen LogP contribution in [0.15, 0.2) is 53.8 Å². The molecule has 0 bridgehead atoms. The van der Waals surface area contributed by atoms with E-state index >= 15 is 0 Å². The molecule has 1 aliphatic heterocycles. The average molecular weight is 495 g/mol. The lowest BCUT2D eigenvalue weighted by Gasteiger charge is -2.27. The average Bonchev–Trinajstić information content (AvgIpc) is 3.24. The van der Waals surface area contributed by atoms with Crippen molar-refractivity contribution < 1.29 is 14.0 Å². The maximum atomic E-state index is 13.5. The summed E-state index contributed by atoms with van der Waals surface area (Å²) < 4.78 is 15.4. The van der Waals surface area contributed by atoms with E-state index in [9.17, 15) is 14.0 Å². The third-order valence-corrected chi connectivity index (χ3v) is 7.45. The number of carbonyl (C=O) groups excluding carboxylic acids is 2.